The first kappa shape index (κ1) is 18.5. The second-order valence-electron chi connectivity index (χ2n) is 7.59. The van der Waals surface area contributed by atoms with Gasteiger partial charge in [-0.1, -0.05) is 30.3 Å². The molecule has 5 nitrogen and oxygen atoms in total. The number of para-hydroxylation sites is 1. The van der Waals surface area contributed by atoms with E-state index in [9.17, 15) is 9.18 Å². The van der Waals surface area contributed by atoms with Gasteiger partial charge in [0.1, 0.15) is 11.6 Å². The lowest BCUT2D eigenvalue weighted by atomic mass is 9.81. The van der Waals surface area contributed by atoms with Gasteiger partial charge < -0.3 is 4.74 Å². The highest BCUT2D eigenvalue weighted by molar-refractivity contribution is 5.99. The maximum Gasteiger partial charge on any atom is 0.166 e. The lowest BCUT2D eigenvalue weighted by Gasteiger charge is -2.25. The number of aromatic nitrogens is 3. The molecule has 0 spiro atoms. The summed E-state index contributed by atoms with van der Waals surface area (Å²) in [6.07, 6.45) is 2.72. The van der Waals surface area contributed by atoms with E-state index in [-0.39, 0.29) is 17.5 Å². The summed E-state index contributed by atoms with van der Waals surface area (Å²) in [5.41, 5.74) is 5.64. The topological polar surface area (TPSA) is 56.5 Å². The highest BCUT2D eigenvalue weighted by Crippen LogP contribution is 2.38. The molecular formula is C24H20FN3O2. The van der Waals surface area contributed by atoms with Gasteiger partial charge in [-0.3, -0.25) is 4.79 Å². The molecule has 150 valence electrons. The van der Waals surface area contributed by atoms with E-state index in [1.807, 2.05) is 31.2 Å². The van der Waals surface area contributed by atoms with E-state index in [2.05, 4.69) is 4.98 Å². The number of carbonyl (C=O) groups is 1. The Bertz CT molecular complexity index is 1280. The fourth-order valence-corrected chi connectivity index (χ4v) is 4.38. The number of halogens is 1. The predicted molar refractivity (Wildman–Crippen MR) is 112 cm³/mol. The third kappa shape index (κ3) is 2.87. The Kier molecular flexibility index (Phi) is 4.35. The summed E-state index contributed by atoms with van der Waals surface area (Å²) in [6.45, 7) is 1.90. The zero-order chi connectivity index (χ0) is 20.8. The van der Waals surface area contributed by atoms with Crippen molar-refractivity contribution in [2.24, 2.45) is 0 Å². The zero-order valence-electron chi connectivity index (χ0n) is 16.7. The molecule has 4 aromatic rings. The minimum atomic E-state index is -0.288. The van der Waals surface area contributed by atoms with E-state index in [4.69, 9.17) is 9.84 Å². The van der Waals surface area contributed by atoms with Crippen LogP contribution in [-0.2, 0) is 6.42 Å². The molecule has 0 fully saturated rings. The zero-order valence-corrected chi connectivity index (χ0v) is 16.7. The Labute approximate surface area is 173 Å². The van der Waals surface area contributed by atoms with Gasteiger partial charge in [0.2, 0.25) is 0 Å². The Hall–Kier alpha value is -3.54. The van der Waals surface area contributed by atoms with Gasteiger partial charge in [-0.15, -0.1) is 0 Å². The van der Waals surface area contributed by atoms with Gasteiger partial charge in [0, 0.05) is 24.1 Å². The van der Waals surface area contributed by atoms with E-state index in [1.165, 1.54) is 12.1 Å². The Morgan fingerprint density at radius 2 is 1.87 bits per heavy atom. The summed E-state index contributed by atoms with van der Waals surface area (Å²) in [7, 11) is 1.64. The highest BCUT2D eigenvalue weighted by Gasteiger charge is 2.31. The summed E-state index contributed by atoms with van der Waals surface area (Å²) in [5, 5.41) is 4.71. The largest absolute Gasteiger partial charge is 0.496 e. The first-order valence-electron chi connectivity index (χ1n) is 9.86. The number of carbonyl (C=O) groups excluding carboxylic acids is 1. The summed E-state index contributed by atoms with van der Waals surface area (Å²) in [5.74, 6) is 0.555. The molecular weight excluding hydrogens is 381 g/mol. The Balaban J connectivity index is 1.66. The van der Waals surface area contributed by atoms with Crippen molar-refractivity contribution in [2.75, 3.05) is 7.11 Å². The summed E-state index contributed by atoms with van der Waals surface area (Å²) in [4.78, 5) is 17.5. The lowest BCUT2D eigenvalue weighted by molar-refractivity contribution is 0.0961. The number of Topliss-reactive ketones (excluding diaryl/α,β-unsaturated/α-hetero) is 1. The van der Waals surface area contributed by atoms with Gasteiger partial charge in [-0.05, 0) is 42.7 Å². The molecule has 5 rings (SSSR count). The fourth-order valence-electron chi connectivity index (χ4n) is 4.38. The molecule has 2 aromatic heterocycles. The number of nitrogens with zero attached hydrogens (tertiary/aromatic N) is 3. The smallest absolute Gasteiger partial charge is 0.166 e. The van der Waals surface area contributed by atoms with Crippen molar-refractivity contribution in [3.63, 3.8) is 0 Å². The lowest BCUT2D eigenvalue weighted by Crippen LogP contribution is -2.22. The van der Waals surface area contributed by atoms with Gasteiger partial charge in [-0.25, -0.2) is 13.9 Å². The molecule has 1 aliphatic carbocycles. The number of rotatable bonds is 3. The van der Waals surface area contributed by atoms with E-state index in [1.54, 1.807) is 30.0 Å². The molecule has 0 bridgehead atoms. The van der Waals surface area contributed by atoms with E-state index >= 15 is 0 Å². The molecule has 0 radical (unpaired) electrons. The van der Waals surface area contributed by atoms with E-state index < -0.39 is 0 Å². The highest BCUT2D eigenvalue weighted by atomic mass is 19.1. The van der Waals surface area contributed by atoms with Gasteiger partial charge >= 0.3 is 0 Å². The Morgan fingerprint density at radius 1 is 1.10 bits per heavy atom. The van der Waals surface area contributed by atoms with Crippen LogP contribution in [0.5, 0.6) is 5.75 Å². The molecule has 30 heavy (non-hydrogen) atoms. The van der Waals surface area contributed by atoms with Gasteiger partial charge in [0.25, 0.3) is 0 Å². The number of ketones is 1. The van der Waals surface area contributed by atoms with Crippen LogP contribution < -0.4 is 4.74 Å². The number of hydrogen-bond donors (Lipinski definition) is 0. The molecule has 2 aromatic carbocycles. The van der Waals surface area contributed by atoms with Crippen molar-refractivity contribution in [1.29, 1.82) is 0 Å². The second kappa shape index (κ2) is 7.06. The molecule has 2 heterocycles. The van der Waals surface area contributed by atoms with Crippen molar-refractivity contribution < 1.29 is 13.9 Å². The van der Waals surface area contributed by atoms with Gasteiger partial charge in [0.05, 0.1) is 24.1 Å². The van der Waals surface area contributed by atoms with Crippen LogP contribution in [0.4, 0.5) is 4.39 Å². The number of ether oxygens (including phenoxy) is 1. The van der Waals surface area contributed by atoms with Crippen molar-refractivity contribution in [3.8, 4) is 16.9 Å². The molecule has 0 N–H and O–H groups in total. The molecule has 1 unspecified atom stereocenters. The number of fused-ring (bicyclic) bond motifs is 3. The molecule has 1 atom stereocenters. The second-order valence-corrected chi connectivity index (χ2v) is 7.59. The van der Waals surface area contributed by atoms with Gasteiger partial charge in [-0.2, -0.15) is 5.10 Å². The van der Waals surface area contributed by atoms with Crippen LogP contribution in [0, 0.1) is 12.7 Å². The first-order chi connectivity index (χ1) is 14.6. The summed E-state index contributed by atoms with van der Waals surface area (Å²) < 4.78 is 20.7. The summed E-state index contributed by atoms with van der Waals surface area (Å²) >= 11 is 0. The minimum Gasteiger partial charge on any atom is -0.496 e. The van der Waals surface area contributed by atoms with Crippen molar-refractivity contribution in [1.82, 2.24) is 14.6 Å². The van der Waals surface area contributed by atoms with Crippen molar-refractivity contribution in [3.05, 3.63) is 83.1 Å². The number of aryl methyl sites for hydroxylation is 1. The molecule has 0 saturated carbocycles. The fraction of sp³-hybridized carbons (Fsp3) is 0.208. The van der Waals surface area contributed by atoms with Crippen LogP contribution in [-0.4, -0.2) is 27.5 Å². The molecule has 0 amide bonds. The van der Waals surface area contributed by atoms with E-state index in [0.29, 0.717) is 24.1 Å². The third-order valence-electron chi connectivity index (χ3n) is 5.80. The SMILES string of the molecule is COc1ccccc1C1CC(=O)c2cnc3c(-c4ccc(F)cc4)c(C)nn3c2C1. The molecule has 0 saturated heterocycles. The molecule has 6 heteroatoms. The summed E-state index contributed by atoms with van der Waals surface area (Å²) in [6, 6.07) is 14.1. The standard InChI is InChI=1S/C24H20FN3O2/c1-14-23(15-7-9-17(25)10-8-15)24-26-13-19-20(28(24)27-14)11-16(12-21(19)29)18-5-3-4-6-22(18)30-2/h3-10,13,16H,11-12H2,1-2H3. The number of benzene rings is 2. The van der Waals surface area contributed by atoms with Crippen LogP contribution in [0.25, 0.3) is 16.8 Å². The number of hydrogen-bond acceptors (Lipinski definition) is 4. The predicted octanol–water partition coefficient (Wildman–Crippen LogP) is 4.77. The van der Waals surface area contributed by atoms with Crippen LogP contribution in [0.15, 0.2) is 54.7 Å². The average molecular weight is 401 g/mol. The maximum absolute atomic E-state index is 13.4. The normalized spacial score (nSPS) is 16.0. The first-order valence-corrected chi connectivity index (χ1v) is 9.86. The van der Waals surface area contributed by atoms with Crippen LogP contribution >= 0.6 is 0 Å². The maximum atomic E-state index is 13.4. The van der Waals surface area contributed by atoms with Crippen LogP contribution in [0.3, 0.4) is 0 Å². The van der Waals surface area contributed by atoms with Crippen molar-refractivity contribution >= 4 is 11.4 Å². The van der Waals surface area contributed by atoms with E-state index in [0.717, 1.165) is 33.8 Å². The Morgan fingerprint density at radius 3 is 2.63 bits per heavy atom. The number of methoxy groups -OCH3 is 1. The minimum absolute atomic E-state index is 0.00512. The molecule has 0 aliphatic heterocycles. The van der Waals surface area contributed by atoms with Gasteiger partial charge in [0.15, 0.2) is 11.4 Å². The monoisotopic (exact) mass is 401 g/mol. The third-order valence-corrected chi connectivity index (χ3v) is 5.80. The van der Waals surface area contributed by atoms with Crippen molar-refractivity contribution in [2.45, 2.75) is 25.7 Å². The van der Waals surface area contributed by atoms with Crippen LogP contribution in [0.1, 0.15) is 39.6 Å². The van der Waals surface area contributed by atoms with Crippen LogP contribution in [0.2, 0.25) is 0 Å². The quantitative estimate of drug-likeness (QED) is 0.496. The average Bonchev–Trinajstić information content (AvgIpc) is 3.10. The molecule has 1 aliphatic rings.